The Labute approximate surface area is 247 Å². The molecule has 9 nitrogen and oxygen atoms in total. The highest BCUT2D eigenvalue weighted by atomic mass is 127. The van der Waals surface area contributed by atoms with E-state index in [1.54, 1.807) is 24.3 Å². The van der Waals surface area contributed by atoms with Crippen molar-refractivity contribution < 1.29 is 33.3 Å². The van der Waals surface area contributed by atoms with Gasteiger partial charge in [0.05, 0.1) is 35.6 Å². The number of urea groups is 1. The first-order valence-electron chi connectivity index (χ1n) is 11.2. The quantitative estimate of drug-likeness (QED) is 0.180. The normalized spacial score (nSPS) is 14.4. The van der Waals surface area contributed by atoms with Crippen molar-refractivity contribution in [2.75, 3.05) is 26.2 Å². The van der Waals surface area contributed by atoms with Crippen LogP contribution in [-0.4, -0.2) is 39.2 Å². The van der Waals surface area contributed by atoms with Crippen LogP contribution in [0.25, 0.3) is 6.08 Å². The van der Waals surface area contributed by atoms with Crippen LogP contribution < -0.4 is 29.2 Å². The van der Waals surface area contributed by atoms with Crippen LogP contribution in [0, 0.1) is 3.57 Å². The molecule has 1 heterocycles. The van der Waals surface area contributed by atoms with Crippen LogP contribution in [0.4, 0.5) is 10.5 Å². The topological polar surface area (TPSA) is 103 Å². The Balaban J connectivity index is 1.68. The Morgan fingerprint density at radius 1 is 0.897 bits per heavy atom. The van der Waals surface area contributed by atoms with Crippen LogP contribution >= 0.6 is 45.8 Å². The van der Waals surface area contributed by atoms with Crippen molar-refractivity contribution >= 4 is 75.4 Å². The lowest BCUT2D eigenvalue weighted by Crippen LogP contribution is -2.54. The maximum atomic E-state index is 13.5. The van der Waals surface area contributed by atoms with Crippen LogP contribution in [0.5, 0.6) is 23.0 Å². The van der Waals surface area contributed by atoms with Crippen LogP contribution in [0.3, 0.4) is 0 Å². The molecule has 0 atom stereocenters. The van der Waals surface area contributed by atoms with Crippen LogP contribution in [0.1, 0.15) is 11.1 Å². The van der Waals surface area contributed by atoms with E-state index in [9.17, 15) is 14.4 Å². The van der Waals surface area contributed by atoms with Gasteiger partial charge in [-0.05, 0) is 64.1 Å². The number of nitrogens with one attached hydrogen (secondary N) is 1. The van der Waals surface area contributed by atoms with Crippen LogP contribution in [0.15, 0.2) is 54.1 Å². The van der Waals surface area contributed by atoms with Gasteiger partial charge in [-0.2, -0.15) is 0 Å². The average Bonchev–Trinajstić information content (AvgIpc) is 2.91. The average molecular weight is 683 g/mol. The summed E-state index contributed by atoms with van der Waals surface area (Å²) in [6.45, 7) is 0.272. The standard InChI is InChI=1S/C27H21Cl2IN2O7/c1-36-21-12-20(22(37-2)11-18(21)29)32-26(34)17(25(33)31-27(32)35)8-15-9-19(30)24(23(10-15)38-3)39-13-14-4-6-16(28)7-5-14/h4-12H,13H2,1-3H3,(H,31,33,35)/b17-8+. The fraction of sp³-hybridized carbons (Fsp3) is 0.148. The smallest absolute Gasteiger partial charge is 0.336 e. The molecule has 3 aromatic carbocycles. The van der Waals surface area contributed by atoms with Gasteiger partial charge in [-0.1, -0.05) is 35.3 Å². The molecule has 0 aromatic heterocycles. The van der Waals surface area contributed by atoms with Gasteiger partial charge in [-0.3, -0.25) is 14.9 Å². The zero-order chi connectivity index (χ0) is 28.3. The maximum absolute atomic E-state index is 13.5. The number of hydrogen-bond acceptors (Lipinski definition) is 7. The number of benzene rings is 3. The highest BCUT2D eigenvalue weighted by Crippen LogP contribution is 2.40. The molecule has 1 fully saturated rings. The van der Waals surface area contributed by atoms with Crippen molar-refractivity contribution in [3.63, 3.8) is 0 Å². The van der Waals surface area contributed by atoms with Gasteiger partial charge in [0.25, 0.3) is 11.8 Å². The van der Waals surface area contributed by atoms with Crippen molar-refractivity contribution in [1.29, 1.82) is 0 Å². The lowest BCUT2D eigenvalue weighted by Gasteiger charge is -2.28. The van der Waals surface area contributed by atoms with Crippen molar-refractivity contribution in [3.05, 3.63) is 78.8 Å². The molecule has 202 valence electrons. The van der Waals surface area contributed by atoms with Gasteiger partial charge in [0.2, 0.25) is 0 Å². The molecule has 1 aliphatic heterocycles. The Hall–Kier alpha value is -3.48. The van der Waals surface area contributed by atoms with E-state index < -0.39 is 17.8 Å². The molecule has 1 N–H and O–H groups in total. The van der Waals surface area contributed by atoms with Gasteiger partial charge < -0.3 is 18.9 Å². The van der Waals surface area contributed by atoms with E-state index in [0.29, 0.717) is 25.7 Å². The molecular weight excluding hydrogens is 662 g/mol. The Morgan fingerprint density at radius 3 is 2.21 bits per heavy atom. The number of anilines is 1. The van der Waals surface area contributed by atoms with Gasteiger partial charge in [0, 0.05) is 17.2 Å². The molecule has 0 radical (unpaired) electrons. The second kappa shape index (κ2) is 12.1. The van der Waals surface area contributed by atoms with Crippen molar-refractivity contribution in [2.24, 2.45) is 0 Å². The SMILES string of the molecule is COc1cc(N2C(=O)NC(=O)/C(=C\c3cc(I)c(OCc4ccc(Cl)cc4)c(OC)c3)C2=O)c(OC)cc1Cl. The van der Waals surface area contributed by atoms with Crippen LogP contribution in [-0.2, 0) is 16.2 Å². The molecule has 0 spiro atoms. The Kier molecular flexibility index (Phi) is 8.88. The number of amides is 4. The predicted molar refractivity (Wildman–Crippen MR) is 155 cm³/mol. The van der Waals surface area contributed by atoms with E-state index in [1.807, 2.05) is 12.1 Å². The molecule has 0 aliphatic carbocycles. The number of ether oxygens (including phenoxy) is 4. The molecule has 39 heavy (non-hydrogen) atoms. The molecule has 1 aliphatic rings. The summed E-state index contributed by atoms with van der Waals surface area (Å²) in [5.41, 5.74) is 1.16. The number of halogens is 3. The summed E-state index contributed by atoms with van der Waals surface area (Å²) < 4.78 is 22.7. The largest absolute Gasteiger partial charge is 0.495 e. The second-order valence-corrected chi connectivity index (χ2v) is 10.1. The fourth-order valence-electron chi connectivity index (χ4n) is 3.76. The highest BCUT2D eigenvalue weighted by Gasteiger charge is 2.38. The molecule has 0 bridgehead atoms. The second-order valence-electron chi connectivity index (χ2n) is 8.07. The highest BCUT2D eigenvalue weighted by molar-refractivity contribution is 14.1. The summed E-state index contributed by atoms with van der Waals surface area (Å²) in [5, 5.41) is 3.03. The zero-order valence-electron chi connectivity index (χ0n) is 20.8. The number of barbiturate groups is 1. The summed E-state index contributed by atoms with van der Waals surface area (Å²) in [5.74, 6) is -0.477. The summed E-state index contributed by atoms with van der Waals surface area (Å²) in [4.78, 5) is 39.7. The minimum atomic E-state index is -0.942. The van der Waals surface area contributed by atoms with Crippen molar-refractivity contribution in [1.82, 2.24) is 5.32 Å². The minimum absolute atomic E-state index is 0.0535. The van der Waals surface area contributed by atoms with Crippen LogP contribution in [0.2, 0.25) is 10.0 Å². The summed E-state index contributed by atoms with van der Waals surface area (Å²) >= 11 is 14.2. The Morgan fingerprint density at radius 2 is 1.56 bits per heavy atom. The first-order valence-corrected chi connectivity index (χ1v) is 13.1. The minimum Gasteiger partial charge on any atom is -0.495 e. The molecule has 3 aromatic rings. The number of imide groups is 2. The van der Waals surface area contributed by atoms with Gasteiger partial charge in [0.1, 0.15) is 23.7 Å². The molecular formula is C27H21Cl2IN2O7. The molecule has 1 saturated heterocycles. The molecule has 0 unspecified atom stereocenters. The van der Waals surface area contributed by atoms with Gasteiger partial charge in [0.15, 0.2) is 11.5 Å². The van der Waals surface area contributed by atoms with E-state index in [-0.39, 0.29) is 34.4 Å². The summed E-state index contributed by atoms with van der Waals surface area (Å²) in [6, 6.07) is 12.4. The van der Waals surface area contributed by atoms with E-state index in [1.165, 1.54) is 39.5 Å². The zero-order valence-corrected chi connectivity index (χ0v) is 24.5. The monoisotopic (exact) mass is 682 g/mol. The van der Waals surface area contributed by atoms with E-state index >= 15 is 0 Å². The maximum Gasteiger partial charge on any atom is 0.336 e. The third kappa shape index (κ3) is 6.07. The van der Waals surface area contributed by atoms with Gasteiger partial charge in [-0.25, -0.2) is 9.69 Å². The van der Waals surface area contributed by atoms with Gasteiger partial charge in [-0.15, -0.1) is 0 Å². The summed E-state index contributed by atoms with van der Waals surface area (Å²) in [6.07, 6.45) is 1.37. The number of hydrogen-bond donors (Lipinski definition) is 1. The number of nitrogens with zero attached hydrogens (tertiary/aromatic N) is 1. The van der Waals surface area contributed by atoms with E-state index in [4.69, 9.17) is 42.1 Å². The third-order valence-electron chi connectivity index (χ3n) is 5.66. The lowest BCUT2D eigenvalue weighted by molar-refractivity contribution is -0.122. The fourth-order valence-corrected chi connectivity index (χ4v) is 4.90. The number of carbonyl (C=O) groups is 3. The third-order valence-corrected chi connectivity index (χ3v) is 7.00. The first kappa shape index (κ1) is 28.5. The molecule has 12 heteroatoms. The molecule has 4 rings (SSSR count). The van der Waals surface area contributed by atoms with E-state index in [0.717, 1.165) is 10.5 Å². The molecule has 4 amide bonds. The van der Waals surface area contributed by atoms with Crippen molar-refractivity contribution in [2.45, 2.75) is 6.61 Å². The number of rotatable bonds is 8. The van der Waals surface area contributed by atoms with Crippen molar-refractivity contribution in [3.8, 4) is 23.0 Å². The van der Waals surface area contributed by atoms with E-state index in [2.05, 4.69) is 27.9 Å². The van der Waals surface area contributed by atoms with Gasteiger partial charge >= 0.3 is 6.03 Å². The Bertz CT molecular complexity index is 1490. The first-order chi connectivity index (χ1) is 18.7. The predicted octanol–water partition coefficient (Wildman–Crippen LogP) is 5.87. The molecule has 0 saturated carbocycles. The number of methoxy groups -OCH3 is 3. The summed E-state index contributed by atoms with van der Waals surface area (Å²) in [7, 11) is 4.24. The number of carbonyl (C=O) groups excluding carboxylic acids is 3. The lowest BCUT2D eigenvalue weighted by atomic mass is 10.1.